The Kier molecular flexibility index (Phi) is 4.93. The smallest absolute Gasteiger partial charge is 0.148 e. The van der Waals surface area contributed by atoms with Gasteiger partial charge >= 0.3 is 0 Å². The molecule has 0 saturated carbocycles. The summed E-state index contributed by atoms with van der Waals surface area (Å²) in [7, 11) is 0. The Labute approximate surface area is 84.9 Å². The molecule has 1 aromatic rings. The van der Waals surface area contributed by atoms with E-state index in [0.717, 1.165) is 37.3 Å². The van der Waals surface area contributed by atoms with Gasteiger partial charge in [-0.1, -0.05) is 13.3 Å². The molecular weight excluding hydrogens is 176 g/mol. The van der Waals surface area contributed by atoms with Crippen LogP contribution in [0.2, 0.25) is 0 Å². The summed E-state index contributed by atoms with van der Waals surface area (Å²) in [6, 6.07) is 3.98. The van der Waals surface area contributed by atoms with Crippen LogP contribution in [0.15, 0.2) is 12.1 Å². The van der Waals surface area contributed by atoms with E-state index in [2.05, 4.69) is 22.4 Å². The van der Waals surface area contributed by atoms with Gasteiger partial charge in [-0.2, -0.15) is 5.10 Å². The Hall–Kier alpha value is -1.16. The lowest BCUT2D eigenvalue weighted by molar-refractivity contribution is 0.828. The molecule has 0 saturated heterocycles. The lowest BCUT2D eigenvalue weighted by Gasteiger charge is -2.03. The topological polar surface area (TPSA) is 63.8 Å². The second kappa shape index (κ2) is 6.32. The molecule has 4 nitrogen and oxygen atoms in total. The third-order valence-electron chi connectivity index (χ3n) is 1.91. The van der Waals surface area contributed by atoms with Crippen LogP contribution in [0, 0.1) is 0 Å². The molecule has 0 bridgehead atoms. The zero-order chi connectivity index (χ0) is 10.2. The number of hydrogen-bond donors (Lipinski definition) is 2. The second-order valence-electron chi connectivity index (χ2n) is 3.23. The van der Waals surface area contributed by atoms with Crippen molar-refractivity contribution in [3.8, 4) is 0 Å². The van der Waals surface area contributed by atoms with Crippen LogP contribution >= 0.6 is 0 Å². The molecule has 0 spiro atoms. The molecule has 0 aromatic carbocycles. The van der Waals surface area contributed by atoms with E-state index in [4.69, 9.17) is 5.73 Å². The Balaban J connectivity index is 2.38. The first-order valence-electron chi connectivity index (χ1n) is 5.13. The van der Waals surface area contributed by atoms with E-state index in [9.17, 15) is 0 Å². The number of hydrogen-bond acceptors (Lipinski definition) is 4. The molecule has 0 aliphatic rings. The first-order valence-corrected chi connectivity index (χ1v) is 5.13. The van der Waals surface area contributed by atoms with Crippen molar-refractivity contribution in [3.05, 3.63) is 17.8 Å². The molecule has 78 valence electrons. The average Bonchev–Trinajstić information content (AvgIpc) is 2.21. The Morgan fingerprint density at radius 1 is 1.36 bits per heavy atom. The van der Waals surface area contributed by atoms with Crippen molar-refractivity contribution in [2.45, 2.75) is 26.2 Å². The van der Waals surface area contributed by atoms with Crippen molar-refractivity contribution in [1.82, 2.24) is 10.2 Å². The van der Waals surface area contributed by atoms with Crippen molar-refractivity contribution >= 4 is 5.82 Å². The molecule has 4 heteroatoms. The summed E-state index contributed by atoms with van der Waals surface area (Å²) in [5.41, 5.74) is 6.43. The van der Waals surface area contributed by atoms with Gasteiger partial charge in [-0.3, -0.25) is 0 Å². The fraction of sp³-hybridized carbons (Fsp3) is 0.600. The van der Waals surface area contributed by atoms with Crippen LogP contribution < -0.4 is 11.1 Å². The highest BCUT2D eigenvalue weighted by Crippen LogP contribution is 2.03. The molecule has 0 atom stereocenters. The van der Waals surface area contributed by atoms with Crippen LogP contribution in [0.25, 0.3) is 0 Å². The maximum absolute atomic E-state index is 5.38. The molecule has 0 amide bonds. The van der Waals surface area contributed by atoms with Gasteiger partial charge in [0.15, 0.2) is 0 Å². The van der Waals surface area contributed by atoms with Crippen LogP contribution in [-0.2, 0) is 6.42 Å². The monoisotopic (exact) mass is 194 g/mol. The van der Waals surface area contributed by atoms with Crippen LogP contribution in [0.3, 0.4) is 0 Å². The van der Waals surface area contributed by atoms with Gasteiger partial charge in [0, 0.05) is 6.54 Å². The summed E-state index contributed by atoms with van der Waals surface area (Å²) in [4.78, 5) is 0. The van der Waals surface area contributed by atoms with E-state index < -0.39 is 0 Å². The van der Waals surface area contributed by atoms with E-state index in [1.165, 1.54) is 0 Å². The van der Waals surface area contributed by atoms with E-state index in [0.29, 0.717) is 6.54 Å². The van der Waals surface area contributed by atoms with E-state index in [1.54, 1.807) is 0 Å². The molecule has 0 radical (unpaired) electrons. The van der Waals surface area contributed by atoms with Crippen molar-refractivity contribution in [2.24, 2.45) is 5.73 Å². The van der Waals surface area contributed by atoms with E-state index in [1.807, 2.05) is 12.1 Å². The zero-order valence-electron chi connectivity index (χ0n) is 8.66. The third kappa shape index (κ3) is 3.70. The standard InChI is InChI=1S/C10H18N4/c1-2-4-9-5-6-10(14-13-9)12-8-3-7-11/h5-6H,2-4,7-8,11H2,1H3,(H,12,14). The van der Waals surface area contributed by atoms with Crippen LogP contribution in [0.5, 0.6) is 0 Å². The summed E-state index contributed by atoms with van der Waals surface area (Å²) in [5.74, 6) is 0.832. The minimum Gasteiger partial charge on any atom is -0.369 e. The SMILES string of the molecule is CCCc1ccc(NCCCN)nn1. The summed E-state index contributed by atoms with van der Waals surface area (Å²) in [6.45, 7) is 3.70. The fourth-order valence-corrected chi connectivity index (χ4v) is 1.16. The van der Waals surface area contributed by atoms with Crippen LogP contribution in [0.1, 0.15) is 25.5 Å². The summed E-state index contributed by atoms with van der Waals surface area (Å²) < 4.78 is 0. The van der Waals surface area contributed by atoms with Gasteiger partial charge < -0.3 is 11.1 Å². The van der Waals surface area contributed by atoms with Gasteiger partial charge in [0.05, 0.1) is 5.69 Å². The number of nitrogens with one attached hydrogen (secondary N) is 1. The predicted octanol–water partition coefficient (Wildman–Crippen LogP) is 1.19. The number of nitrogens with zero attached hydrogens (tertiary/aromatic N) is 2. The van der Waals surface area contributed by atoms with Crippen molar-refractivity contribution < 1.29 is 0 Å². The van der Waals surface area contributed by atoms with Gasteiger partial charge in [-0.15, -0.1) is 5.10 Å². The maximum atomic E-state index is 5.38. The molecule has 0 aliphatic carbocycles. The molecule has 1 rings (SSSR count). The number of rotatable bonds is 6. The molecule has 1 aromatic heterocycles. The van der Waals surface area contributed by atoms with E-state index in [-0.39, 0.29) is 0 Å². The average molecular weight is 194 g/mol. The predicted molar refractivity (Wildman–Crippen MR) is 58.2 cm³/mol. The summed E-state index contributed by atoms with van der Waals surface area (Å²) in [5, 5.41) is 11.3. The minimum atomic E-state index is 0.703. The van der Waals surface area contributed by atoms with E-state index >= 15 is 0 Å². The first-order chi connectivity index (χ1) is 6.86. The quantitative estimate of drug-likeness (QED) is 0.668. The molecule has 1 heterocycles. The van der Waals surface area contributed by atoms with Crippen LogP contribution in [-0.4, -0.2) is 23.3 Å². The van der Waals surface area contributed by atoms with Gasteiger partial charge in [0.2, 0.25) is 0 Å². The highest BCUT2D eigenvalue weighted by Gasteiger charge is 1.95. The second-order valence-corrected chi connectivity index (χ2v) is 3.23. The lowest BCUT2D eigenvalue weighted by Crippen LogP contribution is -2.09. The van der Waals surface area contributed by atoms with Gasteiger partial charge in [-0.05, 0) is 31.5 Å². The number of nitrogens with two attached hydrogens (primary N) is 1. The highest BCUT2D eigenvalue weighted by atomic mass is 15.2. The fourth-order valence-electron chi connectivity index (χ4n) is 1.16. The molecule has 0 aliphatic heterocycles. The molecular formula is C10H18N4. The molecule has 14 heavy (non-hydrogen) atoms. The summed E-state index contributed by atoms with van der Waals surface area (Å²) >= 11 is 0. The third-order valence-corrected chi connectivity index (χ3v) is 1.91. The lowest BCUT2D eigenvalue weighted by atomic mass is 10.2. The highest BCUT2D eigenvalue weighted by molar-refractivity contribution is 5.32. The number of aryl methyl sites for hydroxylation is 1. The first kappa shape index (κ1) is 10.9. The maximum Gasteiger partial charge on any atom is 0.148 e. The zero-order valence-corrected chi connectivity index (χ0v) is 8.66. The largest absolute Gasteiger partial charge is 0.369 e. The molecule has 0 fully saturated rings. The van der Waals surface area contributed by atoms with Gasteiger partial charge in [0.1, 0.15) is 5.82 Å². The van der Waals surface area contributed by atoms with Gasteiger partial charge in [0.25, 0.3) is 0 Å². The Morgan fingerprint density at radius 3 is 2.79 bits per heavy atom. The van der Waals surface area contributed by atoms with Crippen molar-refractivity contribution in [2.75, 3.05) is 18.4 Å². The van der Waals surface area contributed by atoms with Crippen LogP contribution in [0.4, 0.5) is 5.82 Å². The van der Waals surface area contributed by atoms with Gasteiger partial charge in [-0.25, -0.2) is 0 Å². The number of aromatic nitrogens is 2. The summed E-state index contributed by atoms with van der Waals surface area (Å²) in [6.07, 6.45) is 3.06. The Morgan fingerprint density at radius 2 is 2.21 bits per heavy atom. The normalized spacial score (nSPS) is 10.1. The number of anilines is 1. The Bertz CT molecular complexity index is 245. The molecule has 0 unspecified atom stereocenters. The minimum absolute atomic E-state index is 0.703. The molecule has 3 N–H and O–H groups in total. The van der Waals surface area contributed by atoms with Crippen molar-refractivity contribution in [3.63, 3.8) is 0 Å². The van der Waals surface area contributed by atoms with Crippen molar-refractivity contribution in [1.29, 1.82) is 0 Å².